The molecule has 14 heavy (non-hydrogen) atoms. The smallest absolute Gasteiger partial charge is 0.148 e. The number of aromatic nitrogens is 2. The lowest BCUT2D eigenvalue weighted by Crippen LogP contribution is -2.28. The third-order valence-corrected chi connectivity index (χ3v) is 1.91. The molecule has 0 aromatic carbocycles. The van der Waals surface area contributed by atoms with Crippen LogP contribution in [0.2, 0.25) is 5.02 Å². The van der Waals surface area contributed by atoms with Crippen LogP contribution in [0.5, 0.6) is 0 Å². The van der Waals surface area contributed by atoms with Crippen molar-refractivity contribution < 1.29 is 0 Å². The molecule has 1 heterocycles. The highest BCUT2D eigenvalue weighted by atomic mass is 35.5. The molecule has 0 amide bonds. The molecule has 0 aliphatic rings. The van der Waals surface area contributed by atoms with Crippen molar-refractivity contribution in [3.8, 4) is 0 Å². The summed E-state index contributed by atoms with van der Waals surface area (Å²) >= 11 is 5.86. The van der Waals surface area contributed by atoms with Crippen molar-refractivity contribution in [2.24, 2.45) is 0 Å². The number of rotatable bonds is 5. The first kappa shape index (κ1) is 11.2. The molecule has 4 nitrogen and oxygen atoms in total. The predicted molar refractivity (Wildman–Crippen MR) is 58.7 cm³/mol. The van der Waals surface area contributed by atoms with E-state index in [2.05, 4.69) is 34.4 Å². The lowest BCUT2D eigenvalue weighted by atomic mass is 10.4. The lowest BCUT2D eigenvalue weighted by Gasteiger charge is -2.09. The first-order valence-electron chi connectivity index (χ1n) is 4.63. The summed E-state index contributed by atoms with van der Waals surface area (Å²) in [7, 11) is 0. The second-order valence-electron chi connectivity index (χ2n) is 3.25. The van der Waals surface area contributed by atoms with E-state index in [1.165, 1.54) is 6.33 Å². The van der Waals surface area contributed by atoms with Crippen LogP contribution in [-0.4, -0.2) is 29.1 Å². The van der Waals surface area contributed by atoms with E-state index in [0.29, 0.717) is 16.9 Å². The van der Waals surface area contributed by atoms with Crippen LogP contribution in [0.3, 0.4) is 0 Å². The average Bonchev–Trinajstić information content (AvgIpc) is 2.15. The van der Waals surface area contributed by atoms with Crippen molar-refractivity contribution in [2.75, 3.05) is 18.4 Å². The number of hydrogen-bond donors (Lipinski definition) is 2. The van der Waals surface area contributed by atoms with Gasteiger partial charge >= 0.3 is 0 Å². The van der Waals surface area contributed by atoms with Crippen molar-refractivity contribution in [3.05, 3.63) is 17.5 Å². The highest BCUT2D eigenvalue weighted by molar-refractivity contribution is 6.32. The molecule has 1 aromatic rings. The van der Waals surface area contributed by atoms with E-state index in [9.17, 15) is 0 Å². The van der Waals surface area contributed by atoms with Crippen LogP contribution in [0.1, 0.15) is 13.8 Å². The van der Waals surface area contributed by atoms with Crippen LogP contribution in [0, 0.1) is 0 Å². The molecule has 0 saturated carbocycles. The Morgan fingerprint density at radius 2 is 2.21 bits per heavy atom. The Morgan fingerprint density at radius 3 is 2.86 bits per heavy atom. The van der Waals surface area contributed by atoms with Crippen LogP contribution in [0.15, 0.2) is 12.5 Å². The molecule has 0 fully saturated rings. The summed E-state index contributed by atoms with van der Waals surface area (Å²) in [5.41, 5.74) is 0. The molecule has 1 rings (SSSR count). The van der Waals surface area contributed by atoms with Gasteiger partial charge in [-0.15, -0.1) is 0 Å². The fourth-order valence-corrected chi connectivity index (χ4v) is 1.16. The van der Waals surface area contributed by atoms with E-state index in [-0.39, 0.29) is 0 Å². The molecular weight excluding hydrogens is 200 g/mol. The second-order valence-corrected chi connectivity index (χ2v) is 3.66. The fourth-order valence-electron chi connectivity index (χ4n) is 0.984. The zero-order valence-electron chi connectivity index (χ0n) is 8.42. The fraction of sp³-hybridized carbons (Fsp3) is 0.556. The standard InChI is InChI=1S/C9H15ClN4/c1-7(2)12-3-4-13-9-8(10)5-11-6-14-9/h5-7,12H,3-4H2,1-2H3,(H,11,13,14). The maximum atomic E-state index is 5.86. The molecule has 0 aliphatic carbocycles. The van der Waals surface area contributed by atoms with Crippen LogP contribution >= 0.6 is 11.6 Å². The normalized spacial score (nSPS) is 10.6. The molecule has 0 spiro atoms. The largest absolute Gasteiger partial charge is 0.367 e. The van der Waals surface area contributed by atoms with E-state index < -0.39 is 0 Å². The third-order valence-electron chi connectivity index (χ3n) is 1.64. The van der Waals surface area contributed by atoms with E-state index >= 15 is 0 Å². The van der Waals surface area contributed by atoms with Gasteiger partial charge < -0.3 is 10.6 Å². The van der Waals surface area contributed by atoms with Gasteiger partial charge in [0.05, 0.1) is 6.20 Å². The summed E-state index contributed by atoms with van der Waals surface area (Å²) in [5.74, 6) is 0.687. The van der Waals surface area contributed by atoms with Crippen LogP contribution in [0.4, 0.5) is 5.82 Å². The molecule has 0 aliphatic heterocycles. The predicted octanol–water partition coefficient (Wildman–Crippen LogP) is 1.54. The minimum absolute atomic E-state index is 0.498. The molecule has 0 radical (unpaired) electrons. The summed E-state index contributed by atoms with van der Waals surface area (Å²) in [4.78, 5) is 7.82. The molecule has 0 saturated heterocycles. The second kappa shape index (κ2) is 5.78. The lowest BCUT2D eigenvalue weighted by molar-refractivity contribution is 0.602. The van der Waals surface area contributed by atoms with Crippen LogP contribution < -0.4 is 10.6 Å². The van der Waals surface area contributed by atoms with Crippen molar-refractivity contribution >= 4 is 17.4 Å². The number of halogens is 1. The number of nitrogens with one attached hydrogen (secondary N) is 2. The van der Waals surface area contributed by atoms with Gasteiger partial charge in [0, 0.05) is 19.1 Å². The van der Waals surface area contributed by atoms with Gasteiger partial charge in [-0.1, -0.05) is 25.4 Å². The Kier molecular flexibility index (Phi) is 4.62. The highest BCUT2D eigenvalue weighted by Gasteiger charge is 1.99. The third kappa shape index (κ3) is 3.89. The van der Waals surface area contributed by atoms with Gasteiger partial charge in [0.15, 0.2) is 0 Å². The molecule has 78 valence electrons. The Bertz CT molecular complexity index is 277. The molecular formula is C9H15ClN4. The van der Waals surface area contributed by atoms with Gasteiger partial charge in [0.2, 0.25) is 0 Å². The van der Waals surface area contributed by atoms with E-state index in [4.69, 9.17) is 11.6 Å². The number of nitrogens with zero attached hydrogens (tertiary/aromatic N) is 2. The van der Waals surface area contributed by atoms with Gasteiger partial charge in [-0.3, -0.25) is 0 Å². The minimum Gasteiger partial charge on any atom is -0.367 e. The van der Waals surface area contributed by atoms with Gasteiger partial charge in [-0.05, 0) is 0 Å². The molecule has 0 bridgehead atoms. The molecule has 0 atom stereocenters. The van der Waals surface area contributed by atoms with Crippen molar-refractivity contribution in [1.29, 1.82) is 0 Å². The van der Waals surface area contributed by atoms with Crippen molar-refractivity contribution in [3.63, 3.8) is 0 Å². The van der Waals surface area contributed by atoms with Crippen molar-refractivity contribution in [2.45, 2.75) is 19.9 Å². The Morgan fingerprint density at radius 1 is 1.43 bits per heavy atom. The maximum Gasteiger partial charge on any atom is 0.148 e. The van der Waals surface area contributed by atoms with Crippen LogP contribution in [-0.2, 0) is 0 Å². The first-order chi connectivity index (χ1) is 6.70. The van der Waals surface area contributed by atoms with Gasteiger partial charge in [0.1, 0.15) is 17.2 Å². The Balaban J connectivity index is 2.28. The summed E-state index contributed by atoms with van der Waals surface area (Å²) in [6, 6.07) is 0.498. The molecule has 2 N–H and O–H groups in total. The van der Waals surface area contributed by atoms with Crippen molar-refractivity contribution in [1.82, 2.24) is 15.3 Å². The summed E-state index contributed by atoms with van der Waals surface area (Å²) < 4.78 is 0. The summed E-state index contributed by atoms with van der Waals surface area (Å²) in [6.45, 7) is 5.91. The number of anilines is 1. The summed E-state index contributed by atoms with van der Waals surface area (Å²) in [6.07, 6.45) is 3.05. The monoisotopic (exact) mass is 214 g/mol. The quantitative estimate of drug-likeness (QED) is 0.731. The topological polar surface area (TPSA) is 49.8 Å². The molecule has 0 unspecified atom stereocenters. The maximum absolute atomic E-state index is 5.86. The summed E-state index contributed by atoms with van der Waals surface area (Å²) in [5, 5.41) is 6.96. The SMILES string of the molecule is CC(C)NCCNc1ncncc1Cl. The highest BCUT2D eigenvalue weighted by Crippen LogP contribution is 2.15. The van der Waals surface area contributed by atoms with E-state index in [1.54, 1.807) is 6.20 Å². The number of hydrogen-bond acceptors (Lipinski definition) is 4. The molecule has 5 heteroatoms. The average molecular weight is 215 g/mol. The first-order valence-corrected chi connectivity index (χ1v) is 5.00. The zero-order chi connectivity index (χ0) is 10.4. The van der Waals surface area contributed by atoms with E-state index in [1.807, 2.05) is 0 Å². The van der Waals surface area contributed by atoms with Gasteiger partial charge in [0.25, 0.3) is 0 Å². The molecule has 1 aromatic heterocycles. The van der Waals surface area contributed by atoms with Gasteiger partial charge in [-0.25, -0.2) is 9.97 Å². The zero-order valence-corrected chi connectivity index (χ0v) is 9.17. The van der Waals surface area contributed by atoms with Crippen LogP contribution in [0.25, 0.3) is 0 Å². The minimum atomic E-state index is 0.498. The Labute approximate surface area is 89.1 Å². The van der Waals surface area contributed by atoms with E-state index in [0.717, 1.165) is 13.1 Å². The Hall–Kier alpha value is -0.870. The van der Waals surface area contributed by atoms with Gasteiger partial charge in [-0.2, -0.15) is 0 Å².